The Morgan fingerprint density at radius 1 is 1.67 bits per heavy atom. The van der Waals surface area contributed by atoms with Gasteiger partial charge in [-0.2, -0.15) is 0 Å². The summed E-state index contributed by atoms with van der Waals surface area (Å²) in [5, 5.41) is 2.86. The summed E-state index contributed by atoms with van der Waals surface area (Å²) in [6.45, 7) is 2.00. The van der Waals surface area contributed by atoms with Crippen molar-refractivity contribution in [2.75, 3.05) is 0 Å². The van der Waals surface area contributed by atoms with Crippen LogP contribution in [0.15, 0.2) is 22.8 Å². The quantitative estimate of drug-likeness (QED) is 0.681. The molecule has 1 aromatic rings. The molecule has 0 radical (unpaired) electrons. The molecule has 0 spiro atoms. The third-order valence-electron chi connectivity index (χ3n) is 2.31. The number of rotatable bonds is 1. The fourth-order valence-corrected chi connectivity index (χ4v) is 1.64. The van der Waals surface area contributed by atoms with E-state index in [4.69, 9.17) is 4.42 Å². The lowest BCUT2D eigenvalue weighted by atomic mass is 9.99. The Balaban J connectivity index is 2.20. The molecule has 2 atom stereocenters. The molecule has 0 saturated carbocycles. The number of carbonyl (C=O) groups excluding carboxylic acids is 1. The van der Waals surface area contributed by atoms with E-state index in [1.54, 1.807) is 6.26 Å². The van der Waals surface area contributed by atoms with Crippen molar-refractivity contribution in [2.24, 2.45) is 0 Å². The Morgan fingerprint density at radius 3 is 3.00 bits per heavy atom. The second kappa shape index (κ2) is 2.66. The molecule has 2 unspecified atom stereocenters. The van der Waals surface area contributed by atoms with Gasteiger partial charge in [0.05, 0.1) is 6.26 Å². The van der Waals surface area contributed by atoms with E-state index in [-0.39, 0.29) is 17.9 Å². The molecule has 0 aromatic carbocycles. The lowest BCUT2D eigenvalue weighted by molar-refractivity contribution is -0.119. The van der Waals surface area contributed by atoms with E-state index in [9.17, 15) is 4.79 Å². The molecule has 1 aliphatic rings. The summed E-state index contributed by atoms with van der Waals surface area (Å²) in [6.07, 6.45) is 2.19. The molecule has 2 rings (SSSR count). The molecule has 1 fully saturated rings. The number of carbonyl (C=O) groups is 1. The van der Waals surface area contributed by atoms with Gasteiger partial charge in [-0.1, -0.05) is 0 Å². The molecular formula is C9H11NO2. The Bertz CT molecular complexity index is 279. The topological polar surface area (TPSA) is 42.2 Å². The number of hydrogen-bond acceptors (Lipinski definition) is 2. The van der Waals surface area contributed by atoms with Crippen LogP contribution in [-0.2, 0) is 4.79 Å². The van der Waals surface area contributed by atoms with Gasteiger partial charge in [0.1, 0.15) is 5.76 Å². The summed E-state index contributed by atoms with van der Waals surface area (Å²) in [6, 6.07) is 3.97. The summed E-state index contributed by atoms with van der Waals surface area (Å²) < 4.78 is 5.24. The lowest BCUT2D eigenvalue weighted by Gasteiger charge is -2.09. The highest BCUT2D eigenvalue weighted by molar-refractivity contribution is 5.79. The van der Waals surface area contributed by atoms with Crippen LogP contribution in [-0.4, -0.2) is 11.9 Å². The van der Waals surface area contributed by atoms with Crippen molar-refractivity contribution < 1.29 is 9.21 Å². The molecular weight excluding hydrogens is 154 g/mol. The normalized spacial score (nSPS) is 28.9. The zero-order valence-corrected chi connectivity index (χ0v) is 6.91. The van der Waals surface area contributed by atoms with E-state index in [1.807, 2.05) is 19.1 Å². The number of amides is 1. The molecule has 1 aliphatic heterocycles. The molecule has 3 nitrogen and oxygen atoms in total. The summed E-state index contributed by atoms with van der Waals surface area (Å²) in [5.74, 6) is 1.23. The van der Waals surface area contributed by atoms with Crippen LogP contribution in [0.25, 0.3) is 0 Å². The van der Waals surface area contributed by atoms with Crippen LogP contribution < -0.4 is 5.32 Å². The molecule has 1 amide bonds. The van der Waals surface area contributed by atoms with Gasteiger partial charge in [-0.15, -0.1) is 0 Å². The summed E-state index contributed by atoms with van der Waals surface area (Å²) in [4.78, 5) is 11.0. The minimum Gasteiger partial charge on any atom is -0.469 e. The standard InChI is InChI=1S/C9H11NO2/c1-6-7(5-9(11)10-6)8-3-2-4-12-8/h2-4,6-7H,5H2,1H3,(H,10,11). The first-order valence-corrected chi connectivity index (χ1v) is 4.10. The van der Waals surface area contributed by atoms with Crippen molar-refractivity contribution >= 4 is 5.91 Å². The molecule has 12 heavy (non-hydrogen) atoms. The lowest BCUT2D eigenvalue weighted by Crippen LogP contribution is -2.24. The largest absolute Gasteiger partial charge is 0.469 e. The number of furan rings is 1. The highest BCUT2D eigenvalue weighted by atomic mass is 16.3. The zero-order valence-electron chi connectivity index (χ0n) is 6.91. The highest BCUT2D eigenvalue weighted by Crippen LogP contribution is 2.27. The van der Waals surface area contributed by atoms with Crippen LogP contribution in [0.4, 0.5) is 0 Å². The van der Waals surface area contributed by atoms with E-state index >= 15 is 0 Å². The third kappa shape index (κ3) is 1.11. The van der Waals surface area contributed by atoms with Gasteiger partial charge in [-0.3, -0.25) is 4.79 Å². The van der Waals surface area contributed by atoms with Gasteiger partial charge in [0.25, 0.3) is 0 Å². The van der Waals surface area contributed by atoms with Gasteiger partial charge in [0.2, 0.25) is 5.91 Å². The predicted octanol–water partition coefficient (Wildman–Crippen LogP) is 1.27. The first-order chi connectivity index (χ1) is 5.77. The Hall–Kier alpha value is -1.25. The zero-order chi connectivity index (χ0) is 8.55. The molecule has 1 saturated heterocycles. The minimum absolute atomic E-state index is 0.115. The van der Waals surface area contributed by atoms with Gasteiger partial charge >= 0.3 is 0 Å². The summed E-state index contributed by atoms with van der Waals surface area (Å²) in [5.41, 5.74) is 0. The minimum atomic E-state index is 0.115. The van der Waals surface area contributed by atoms with Crippen molar-refractivity contribution in [2.45, 2.75) is 25.3 Å². The van der Waals surface area contributed by atoms with E-state index in [0.717, 1.165) is 5.76 Å². The smallest absolute Gasteiger partial charge is 0.221 e. The first-order valence-electron chi connectivity index (χ1n) is 4.10. The van der Waals surface area contributed by atoms with Crippen molar-refractivity contribution in [3.63, 3.8) is 0 Å². The highest BCUT2D eigenvalue weighted by Gasteiger charge is 2.31. The van der Waals surface area contributed by atoms with Crippen LogP contribution in [0.5, 0.6) is 0 Å². The maximum absolute atomic E-state index is 11.0. The maximum atomic E-state index is 11.0. The van der Waals surface area contributed by atoms with Gasteiger partial charge in [0.15, 0.2) is 0 Å². The Morgan fingerprint density at radius 2 is 2.50 bits per heavy atom. The fourth-order valence-electron chi connectivity index (χ4n) is 1.64. The average Bonchev–Trinajstić information content (AvgIpc) is 2.58. The molecule has 1 N–H and O–H groups in total. The van der Waals surface area contributed by atoms with Crippen LogP contribution in [0.1, 0.15) is 25.0 Å². The summed E-state index contributed by atoms with van der Waals surface area (Å²) in [7, 11) is 0. The van der Waals surface area contributed by atoms with Crippen LogP contribution in [0.2, 0.25) is 0 Å². The van der Waals surface area contributed by atoms with E-state index < -0.39 is 0 Å². The maximum Gasteiger partial charge on any atom is 0.221 e. The molecule has 3 heteroatoms. The molecule has 64 valence electrons. The monoisotopic (exact) mass is 165 g/mol. The Labute approximate surface area is 70.8 Å². The first kappa shape index (κ1) is 7.40. The second-order valence-electron chi connectivity index (χ2n) is 3.18. The van der Waals surface area contributed by atoms with Crippen molar-refractivity contribution in [3.8, 4) is 0 Å². The van der Waals surface area contributed by atoms with Crippen LogP contribution in [0, 0.1) is 0 Å². The van der Waals surface area contributed by atoms with E-state index in [1.165, 1.54) is 0 Å². The van der Waals surface area contributed by atoms with Gasteiger partial charge in [-0.25, -0.2) is 0 Å². The van der Waals surface area contributed by atoms with Gasteiger partial charge in [0, 0.05) is 18.4 Å². The molecule has 0 bridgehead atoms. The predicted molar refractivity (Wildman–Crippen MR) is 43.7 cm³/mol. The van der Waals surface area contributed by atoms with Gasteiger partial charge in [-0.05, 0) is 19.1 Å². The molecule has 0 aliphatic carbocycles. The second-order valence-corrected chi connectivity index (χ2v) is 3.18. The van der Waals surface area contributed by atoms with E-state index in [2.05, 4.69) is 5.32 Å². The summed E-state index contributed by atoms with van der Waals surface area (Å²) >= 11 is 0. The van der Waals surface area contributed by atoms with Crippen molar-refractivity contribution in [3.05, 3.63) is 24.2 Å². The van der Waals surface area contributed by atoms with Crippen molar-refractivity contribution in [1.29, 1.82) is 0 Å². The van der Waals surface area contributed by atoms with Gasteiger partial charge < -0.3 is 9.73 Å². The number of hydrogen-bond donors (Lipinski definition) is 1. The third-order valence-corrected chi connectivity index (χ3v) is 2.31. The van der Waals surface area contributed by atoms with E-state index in [0.29, 0.717) is 6.42 Å². The fraction of sp³-hybridized carbons (Fsp3) is 0.444. The van der Waals surface area contributed by atoms with Crippen molar-refractivity contribution in [1.82, 2.24) is 5.32 Å². The average molecular weight is 165 g/mol. The molecule has 2 heterocycles. The Kier molecular flexibility index (Phi) is 1.64. The van der Waals surface area contributed by atoms with Crippen LogP contribution >= 0.6 is 0 Å². The van der Waals surface area contributed by atoms with Crippen LogP contribution in [0.3, 0.4) is 0 Å². The molecule has 1 aromatic heterocycles. The SMILES string of the molecule is CC1NC(=O)CC1c1ccco1. The number of nitrogens with one attached hydrogen (secondary N) is 1.